The van der Waals surface area contributed by atoms with Gasteiger partial charge in [0, 0.05) is 18.3 Å². The first-order valence-electron chi connectivity index (χ1n) is 5.94. The molecule has 1 rings (SSSR count). The van der Waals surface area contributed by atoms with E-state index in [1.807, 2.05) is 6.20 Å². The topological polar surface area (TPSA) is 56.0 Å². The Morgan fingerprint density at radius 3 is 2.69 bits per heavy atom. The third-order valence-corrected chi connectivity index (χ3v) is 2.56. The van der Waals surface area contributed by atoms with Gasteiger partial charge in [0.25, 0.3) is 0 Å². The van der Waals surface area contributed by atoms with Crippen LogP contribution in [0.5, 0.6) is 0 Å². The monoisotopic (exact) mass is 220 g/mol. The molecule has 3 nitrogen and oxygen atoms in total. The van der Waals surface area contributed by atoms with Crippen LogP contribution in [0.1, 0.15) is 36.9 Å². The van der Waals surface area contributed by atoms with Gasteiger partial charge in [0.05, 0.1) is 0 Å². The number of nitrogens with zero attached hydrogens (tertiary/aromatic N) is 1. The number of hydrogen-bond donors (Lipinski definition) is 1. The SMILES string of the molecule is NCCCCc1ccc(CCCC=O)nc1. The number of aryl methyl sites for hydroxylation is 2. The maximum absolute atomic E-state index is 10.2. The maximum Gasteiger partial charge on any atom is 0.120 e. The number of pyridine rings is 1. The van der Waals surface area contributed by atoms with Crippen molar-refractivity contribution in [1.82, 2.24) is 4.98 Å². The van der Waals surface area contributed by atoms with Gasteiger partial charge in [-0.3, -0.25) is 4.98 Å². The first kappa shape index (κ1) is 12.8. The fraction of sp³-hybridized carbons (Fsp3) is 0.538. The fourth-order valence-electron chi connectivity index (χ4n) is 1.59. The molecule has 0 amide bonds. The second-order valence-electron chi connectivity index (χ2n) is 3.96. The van der Waals surface area contributed by atoms with E-state index in [1.165, 1.54) is 5.56 Å². The van der Waals surface area contributed by atoms with Gasteiger partial charge in [-0.15, -0.1) is 0 Å². The minimum Gasteiger partial charge on any atom is -0.330 e. The van der Waals surface area contributed by atoms with Crippen molar-refractivity contribution in [2.24, 2.45) is 5.73 Å². The van der Waals surface area contributed by atoms with Crippen molar-refractivity contribution in [3.8, 4) is 0 Å². The predicted octanol–water partition coefficient (Wildman–Crippen LogP) is 1.88. The Morgan fingerprint density at radius 1 is 1.19 bits per heavy atom. The Bertz CT molecular complexity index is 295. The summed E-state index contributed by atoms with van der Waals surface area (Å²) in [5.41, 5.74) is 7.79. The lowest BCUT2D eigenvalue weighted by atomic mass is 10.1. The molecule has 16 heavy (non-hydrogen) atoms. The van der Waals surface area contributed by atoms with Crippen LogP contribution in [-0.4, -0.2) is 17.8 Å². The molecule has 1 aromatic heterocycles. The molecule has 0 spiro atoms. The standard InChI is InChI=1S/C13H20N2O/c14-9-3-1-5-12-7-8-13(15-11-12)6-2-4-10-16/h7-8,10-11H,1-6,9,14H2. The first-order chi connectivity index (χ1) is 7.86. The lowest BCUT2D eigenvalue weighted by Crippen LogP contribution is -1.99. The average Bonchev–Trinajstić information content (AvgIpc) is 2.32. The van der Waals surface area contributed by atoms with Gasteiger partial charge in [-0.25, -0.2) is 0 Å². The number of unbranched alkanes of at least 4 members (excludes halogenated alkanes) is 2. The minimum absolute atomic E-state index is 0.625. The molecule has 0 saturated carbocycles. The molecule has 0 bridgehead atoms. The van der Waals surface area contributed by atoms with Crippen LogP contribution in [-0.2, 0) is 17.6 Å². The highest BCUT2D eigenvalue weighted by molar-refractivity contribution is 5.49. The highest BCUT2D eigenvalue weighted by Crippen LogP contribution is 2.06. The molecular formula is C13H20N2O. The molecular weight excluding hydrogens is 200 g/mol. The smallest absolute Gasteiger partial charge is 0.120 e. The van der Waals surface area contributed by atoms with E-state index >= 15 is 0 Å². The molecule has 1 heterocycles. The number of nitrogens with two attached hydrogens (primary N) is 1. The Morgan fingerprint density at radius 2 is 2.06 bits per heavy atom. The van der Waals surface area contributed by atoms with Crippen LogP contribution in [0.3, 0.4) is 0 Å². The third kappa shape index (κ3) is 5.03. The molecule has 0 aliphatic heterocycles. The molecule has 0 fully saturated rings. The summed E-state index contributed by atoms with van der Waals surface area (Å²) in [4.78, 5) is 14.5. The van der Waals surface area contributed by atoms with E-state index in [2.05, 4.69) is 17.1 Å². The molecule has 88 valence electrons. The minimum atomic E-state index is 0.625. The van der Waals surface area contributed by atoms with Crippen molar-refractivity contribution < 1.29 is 4.79 Å². The molecule has 0 saturated heterocycles. The summed E-state index contributed by atoms with van der Waals surface area (Å²) in [5, 5.41) is 0. The van der Waals surface area contributed by atoms with Gasteiger partial charge >= 0.3 is 0 Å². The molecule has 0 atom stereocenters. The molecule has 0 aromatic carbocycles. The van der Waals surface area contributed by atoms with Gasteiger partial charge in [-0.05, 0) is 50.3 Å². The van der Waals surface area contributed by atoms with Crippen molar-refractivity contribution in [3.63, 3.8) is 0 Å². The van der Waals surface area contributed by atoms with E-state index in [9.17, 15) is 4.79 Å². The molecule has 3 heteroatoms. The summed E-state index contributed by atoms with van der Waals surface area (Å²) in [6, 6.07) is 4.18. The van der Waals surface area contributed by atoms with Crippen molar-refractivity contribution in [2.75, 3.05) is 6.54 Å². The van der Waals surface area contributed by atoms with Crippen LogP contribution < -0.4 is 5.73 Å². The van der Waals surface area contributed by atoms with Gasteiger partial charge in [0.2, 0.25) is 0 Å². The fourth-order valence-corrected chi connectivity index (χ4v) is 1.59. The lowest BCUT2D eigenvalue weighted by Gasteiger charge is -2.02. The number of aldehydes is 1. The number of hydrogen-bond acceptors (Lipinski definition) is 3. The Hall–Kier alpha value is -1.22. The van der Waals surface area contributed by atoms with Crippen LogP contribution in [0.15, 0.2) is 18.3 Å². The molecule has 0 unspecified atom stereocenters. The summed E-state index contributed by atoms with van der Waals surface area (Å²) in [6.07, 6.45) is 8.56. The summed E-state index contributed by atoms with van der Waals surface area (Å²) >= 11 is 0. The van der Waals surface area contributed by atoms with E-state index in [1.54, 1.807) is 0 Å². The summed E-state index contributed by atoms with van der Waals surface area (Å²) in [5.74, 6) is 0. The zero-order valence-electron chi connectivity index (χ0n) is 9.69. The van der Waals surface area contributed by atoms with E-state index in [0.717, 1.165) is 50.6 Å². The number of rotatable bonds is 8. The molecule has 0 aliphatic rings. The van der Waals surface area contributed by atoms with E-state index in [4.69, 9.17) is 5.73 Å². The number of carbonyl (C=O) groups excluding carboxylic acids is 1. The maximum atomic E-state index is 10.2. The van der Waals surface area contributed by atoms with Crippen LogP contribution in [0.25, 0.3) is 0 Å². The van der Waals surface area contributed by atoms with Crippen molar-refractivity contribution in [2.45, 2.75) is 38.5 Å². The summed E-state index contributed by atoms with van der Waals surface area (Å²) in [7, 11) is 0. The highest BCUT2D eigenvalue weighted by Gasteiger charge is 1.97. The molecule has 2 N–H and O–H groups in total. The summed E-state index contributed by atoms with van der Waals surface area (Å²) in [6.45, 7) is 0.761. The van der Waals surface area contributed by atoms with Crippen LogP contribution >= 0.6 is 0 Å². The zero-order chi connectivity index (χ0) is 11.6. The van der Waals surface area contributed by atoms with E-state index < -0.39 is 0 Å². The normalized spacial score (nSPS) is 10.3. The van der Waals surface area contributed by atoms with Crippen molar-refractivity contribution >= 4 is 6.29 Å². The quantitative estimate of drug-likeness (QED) is 0.537. The van der Waals surface area contributed by atoms with E-state index in [0.29, 0.717) is 6.42 Å². The van der Waals surface area contributed by atoms with Gasteiger partial charge < -0.3 is 10.5 Å². The largest absolute Gasteiger partial charge is 0.330 e. The van der Waals surface area contributed by atoms with Crippen LogP contribution in [0.4, 0.5) is 0 Å². The number of carbonyl (C=O) groups is 1. The van der Waals surface area contributed by atoms with Gasteiger partial charge in [0.1, 0.15) is 6.29 Å². The van der Waals surface area contributed by atoms with Gasteiger partial charge in [0.15, 0.2) is 0 Å². The van der Waals surface area contributed by atoms with Crippen molar-refractivity contribution in [1.29, 1.82) is 0 Å². The summed E-state index contributed by atoms with van der Waals surface area (Å²) < 4.78 is 0. The Labute approximate surface area is 97.1 Å². The second kappa shape index (κ2) is 7.99. The highest BCUT2D eigenvalue weighted by atomic mass is 16.1. The zero-order valence-corrected chi connectivity index (χ0v) is 9.69. The molecule has 0 aliphatic carbocycles. The lowest BCUT2D eigenvalue weighted by molar-refractivity contribution is -0.107. The molecule has 1 aromatic rings. The van der Waals surface area contributed by atoms with Gasteiger partial charge in [-0.1, -0.05) is 6.07 Å². The molecule has 0 radical (unpaired) electrons. The first-order valence-corrected chi connectivity index (χ1v) is 5.94. The van der Waals surface area contributed by atoms with Crippen LogP contribution in [0, 0.1) is 0 Å². The van der Waals surface area contributed by atoms with Crippen molar-refractivity contribution in [3.05, 3.63) is 29.6 Å². The number of aromatic nitrogens is 1. The van der Waals surface area contributed by atoms with Gasteiger partial charge in [-0.2, -0.15) is 0 Å². The van der Waals surface area contributed by atoms with E-state index in [-0.39, 0.29) is 0 Å². The Balaban J connectivity index is 2.32. The average molecular weight is 220 g/mol. The second-order valence-corrected chi connectivity index (χ2v) is 3.96. The third-order valence-electron chi connectivity index (χ3n) is 2.56. The predicted molar refractivity (Wildman–Crippen MR) is 65.2 cm³/mol. The van der Waals surface area contributed by atoms with Crippen LogP contribution in [0.2, 0.25) is 0 Å². The Kier molecular flexibility index (Phi) is 6.42.